The summed E-state index contributed by atoms with van der Waals surface area (Å²) in [6, 6.07) is 7.79. The lowest BCUT2D eigenvalue weighted by molar-refractivity contribution is -0.0416. The van der Waals surface area contributed by atoms with Crippen molar-refractivity contribution in [3.8, 4) is 11.8 Å². The SMILES string of the molecule is COc1ccc(C#N)cc1CN1CCC[C@@](O)(c2cn(C(C)C)nn2)C1. The second kappa shape index (κ2) is 7.44. The summed E-state index contributed by atoms with van der Waals surface area (Å²) in [6.07, 6.45) is 3.37. The van der Waals surface area contributed by atoms with Gasteiger partial charge in [0.05, 0.1) is 24.9 Å². The van der Waals surface area contributed by atoms with Crippen LogP contribution in [0.15, 0.2) is 24.4 Å². The average molecular weight is 355 g/mol. The van der Waals surface area contributed by atoms with Crippen LogP contribution in [0.1, 0.15) is 49.6 Å². The summed E-state index contributed by atoms with van der Waals surface area (Å²) < 4.78 is 7.20. The number of rotatable bonds is 5. The van der Waals surface area contributed by atoms with E-state index in [1.807, 2.05) is 32.2 Å². The van der Waals surface area contributed by atoms with Crippen molar-refractivity contribution in [3.05, 3.63) is 41.2 Å². The molecule has 7 nitrogen and oxygen atoms in total. The van der Waals surface area contributed by atoms with Crippen LogP contribution in [0.2, 0.25) is 0 Å². The molecule has 1 saturated heterocycles. The molecular formula is C19H25N5O2. The van der Waals surface area contributed by atoms with Crippen molar-refractivity contribution in [1.82, 2.24) is 19.9 Å². The van der Waals surface area contributed by atoms with E-state index in [-0.39, 0.29) is 6.04 Å². The predicted molar refractivity (Wildman–Crippen MR) is 96.5 cm³/mol. The van der Waals surface area contributed by atoms with Gasteiger partial charge in [-0.05, 0) is 51.4 Å². The fraction of sp³-hybridized carbons (Fsp3) is 0.526. The number of nitriles is 1. The van der Waals surface area contributed by atoms with Gasteiger partial charge in [0, 0.05) is 24.7 Å². The number of hydrogen-bond donors (Lipinski definition) is 1. The van der Waals surface area contributed by atoms with Gasteiger partial charge in [0.2, 0.25) is 0 Å². The summed E-state index contributed by atoms with van der Waals surface area (Å²) in [5.41, 5.74) is 1.16. The minimum Gasteiger partial charge on any atom is -0.496 e. The van der Waals surface area contributed by atoms with Crippen LogP contribution in [-0.2, 0) is 12.1 Å². The van der Waals surface area contributed by atoms with Gasteiger partial charge in [0.15, 0.2) is 0 Å². The van der Waals surface area contributed by atoms with Crippen LogP contribution < -0.4 is 4.74 Å². The minimum atomic E-state index is -1.01. The maximum absolute atomic E-state index is 11.2. The first-order valence-electron chi connectivity index (χ1n) is 8.89. The van der Waals surface area contributed by atoms with E-state index in [2.05, 4.69) is 21.3 Å². The summed E-state index contributed by atoms with van der Waals surface area (Å²) in [7, 11) is 1.63. The van der Waals surface area contributed by atoms with E-state index in [1.165, 1.54) is 0 Å². The second-order valence-electron chi connectivity index (χ2n) is 7.16. The summed E-state index contributed by atoms with van der Waals surface area (Å²) in [5.74, 6) is 0.754. The van der Waals surface area contributed by atoms with E-state index < -0.39 is 5.60 Å². The van der Waals surface area contributed by atoms with Crippen LogP contribution in [0, 0.1) is 11.3 Å². The molecule has 1 aromatic heterocycles. The molecule has 26 heavy (non-hydrogen) atoms. The molecule has 1 aliphatic rings. The Morgan fingerprint density at radius 3 is 2.88 bits per heavy atom. The summed E-state index contributed by atoms with van der Waals surface area (Å²) in [6.45, 7) is 6.03. The molecule has 2 aromatic rings. The van der Waals surface area contributed by atoms with Crippen molar-refractivity contribution in [1.29, 1.82) is 5.26 Å². The molecule has 0 unspecified atom stereocenters. The first-order chi connectivity index (χ1) is 12.4. The van der Waals surface area contributed by atoms with E-state index in [9.17, 15) is 5.11 Å². The zero-order valence-electron chi connectivity index (χ0n) is 15.5. The first kappa shape index (κ1) is 18.4. The molecular weight excluding hydrogens is 330 g/mol. The Morgan fingerprint density at radius 2 is 2.23 bits per heavy atom. The van der Waals surface area contributed by atoms with Gasteiger partial charge in [0.25, 0.3) is 0 Å². The molecule has 0 bridgehead atoms. The quantitative estimate of drug-likeness (QED) is 0.885. The smallest absolute Gasteiger partial charge is 0.123 e. The van der Waals surface area contributed by atoms with Crippen molar-refractivity contribution < 1.29 is 9.84 Å². The standard InChI is InChI=1S/C19H25N5O2/c1-14(2)24-12-18(21-22-24)19(25)7-4-8-23(13-19)11-16-9-15(10-20)5-6-17(16)26-3/h5-6,9,12,14,25H,4,7-8,11,13H2,1-3H3/t19-/m0/s1. The van der Waals surface area contributed by atoms with E-state index in [4.69, 9.17) is 10.00 Å². The molecule has 138 valence electrons. The molecule has 0 amide bonds. The van der Waals surface area contributed by atoms with Crippen LogP contribution in [-0.4, -0.2) is 45.2 Å². The molecule has 1 fully saturated rings. The number of hydrogen-bond acceptors (Lipinski definition) is 6. The number of benzene rings is 1. The van der Waals surface area contributed by atoms with Crippen LogP contribution in [0.3, 0.4) is 0 Å². The van der Waals surface area contributed by atoms with Crippen LogP contribution >= 0.6 is 0 Å². The highest BCUT2D eigenvalue weighted by molar-refractivity contribution is 5.42. The van der Waals surface area contributed by atoms with Gasteiger partial charge in [0.1, 0.15) is 17.0 Å². The lowest BCUT2D eigenvalue weighted by Crippen LogP contribution is -2.46. The van der Waals surface area contributed by atoms with E-state index >= 15 is 0 Å². The topological polar surface area (TPSA) is 87.2 Å². The second-order valence-corrected chi connectivity index (χ2v) is 7.16. The Bertz CT molecular complexity index is 811. The monoisotopic (exact) mass is 355 g/mol. The molecule has 1 aromatic carbocycles. The summed E-state index contributed by atoms with van der Waals surface area (Å²) >= 11 is 0. The van der Waals surface area contributed by atoms with Crippen LogP contribution in [0.25, 0.3) is 0 Å². The predicted octanol–water partition coefficient (Wildman–Crippen LogP) is 2.22. The third-order valence-electron chi connectivity index (χ3n) is 4.87. The van der Waals surface area contributed by atoms with E-state index in [1.54, 1.807) is 17.9 Å². The van der Waals surface area contributed by atoms with Gasteiger partial charge in [-0.25, -0.2) is 4.68 Å². The third kappa shape index (κ3) is 3.71. The number of nitrogens with zero attached hydrogens (tertiary/aromatic N) is 5. The molecule has 0 saturated carbocycles. The van der Waals surface area contributed by atoms with Crippen LogP contribution in [0.4, 0.5) is 0 Å². The lowest BCUT2D eigenvalue weighted by atomic mass is 9.89. The zero-order chi connectivity index (χ0) is 18.7. The van der Waals surface area contributed by atoms with Gasteiger partial charge in [-0.15, -0.1) is 5.10 Å². The molecule has 1 N–H and O–H groups in total. The van der Waals surface area contributed by atoms with E-state index in [0.29, 0.717) is 30.8 Å². The normalized spacial score (nSPS) is 20.9. The highest BCUT2D eigenvalue weighted by Gasteiger charge is 2.37. The van der Waals surface area contributed by atoms with Gasteiger partial charge >= 0.3 is 0 Å². The third-order valence-corrected chi connectivity index (χ3v) is 4.87. The molecule has 1 aliphatic heterocycles. The molecule has 0 aliphatic carbocycles. The number of methoxy groups -OCH3 is 1. The number of aliphatic hydroxyl groups is 1. The van der Waals surface area contributed by atoms with Crippen molar-refractivity contribution in [2.24, 2.45) is 0 Å². The van der Waals surface area contributed by atoms with Gasteiger partial charge < -0.3 is 9.84 Å². The highest BCUT2D eigenvalue weighted by Crippen LogP contribution is 2.32. The Labute approximate surface area is 153 Å². The van der Waals surface area contributed by atoms with Crippen molar-refractivity contribution in [2.75, 3.05) is 20.2 Å². The number of likely N-dealkylation sites (tertiary alicyclic amines) is 1. The van der Waals surface area contributed by atoms with Crippen molar-refractivity contribution in [3.63, 3.8) is 0 Å². The Kier molecular flexibility index (Phi) is 5.25. The Morgan fingerprint density at radius 1 is 1.42 bits per heavy atom. The van der Waals surface area contributed by atoms with Gasteiger partial charge in [-0.2, -0.15) is 5.26 Å². The van der Waals surface area contributed by atoms with Gasteiger partial charge in [-0.3, -0.25) is 4.90 Å². The molecule has 3 rings (SSSR count). The highest BCUT2D eigenvalue weighted by atomic mass is 16.5. The fourth-order valence-electron chi connectivity index (χ4n) is 3.42. The number of aromatic nitrogens is 3. The molecule has 1 atom stereocenters. The lowest BCUT2D eigenvalue weighted by Gasteiger charge is -2.38. The van der Waals surface area contributed by atoms with Crippen molar-refractivity contribution >= 4 is 0 Å². The van der Waals surface area contributed by atoms with E-state index in [0.717, 1.165) is 24.3 Å². The number of β-amino-alcohol motifs (C(OH)–C–C–N with tert-alkyl or cyclic N) is 1. The maximum atomic E-state index is 11.2. The maximum Gasteiger partial charge on any atom is 0.123 e. The average Bonchev–Trinajstić information content (AvgIpc) is 3.13. The number of ether oxygens (including phenoxy) is 1. The number of piperidine rings is 1. The first-order valence-corrected chi connectivity index (χ1v) is 8.89. The van der Waals surface area contributed by atoms with Crippen molar-refractivity contribution in [2.45, 2.75) is 44.9 Å². The summed E-state index contributed by atoms with van der Waals surface area (Å²) in [4.78, 5) is 2.18. The molecule has 2 heterocycles. The largest absolute Gasteiger partial charge is 0.496 e. The fourth-order valence-corrected chi connectivity index (χ4v) is 3.42. The van der Waals surface area contributed by atoms with Crippen LogP contribution in [0.5, 0.6) is 5.75 Å². The minimum absolute atomic E-state index is 0.206. The molecule has 7 heteroatoms. The Hall–Kier alpha value is -2.43. The van der Waals surface area contributed by atoms with Gasteiger partial charge in [-0.1, -0.05) is 5.21 Å². The Balaban J connectivity index is 1.79. The summed E-state index contributed by atoms with van der Waals surface area (Å²) in [5, 5.41) is 28.7. The molecule has 0 radical (unpaired) electrons. The zero-order valence-corrected chi connectivity index (χ0v) is 15.5. The molecule has 0 spiro atoms.